The maximum Gasteiger partial charge on any atom is 0.269 e. The van der Waals surface area contributed by atoms with Crippen molar-refractivity contribution in [1.82, 2.24) is 19.3 Å². The monoisotopic (exact) mass is 395 g/mol. The van der Waals surface area contributed by atoms with Crippen molar-refractivity contribution in [3.63, 3.8) is 0 Å². The van der Waals surface area contributed by atoms with Crippen molar-refractivity contribution in [2.75, 3.05) is 26.2 Å². The molecule has 1 aliphatic rings. The van der Waals surface area contributed by atoms with E-state index in [1.54, 1.807) is 0 Å². The van der Waals surface area contributed by atoms with E-state index >= 15 is 0 Å². The number of aromatic nitrogens is 2. The minimum absolute atomic E-state index is 0.0547. The highest BCUT2D eigenvalue weighted by Crippen LogP contribution is 2.24. The van der Waals surface area contributed by atoms with E-state index in [0.717, 1.165) is 0 Å². The molecule has 2 aromatic rings. The van der Waals surface area contributed by atoms with Crippen LogP contribution in [0.15, 0.2) is 33.7 Å². The van der Waals surface area contributed by atoms with Crippen molar-refractivity contribution in [2.45, 2.75) is 31.2 Å². The molecule has 11 heteroatoms. The summed E-state index contributed by atoms with van der Waals surface area (Å²) >= 11 is 0. The van der Waals surface area contributed by atoms with Gasteiger partial charge in [0.1, 0.15) is 0 Å². The Balaban J connectivity index is 1.66. The number of sulfonamides is 1. The van der Waals surface area contributed by atoms with E-state index < -0.39 is 14.9 Å². The first-order valence-corrected chi connectivity index (χ1v) is 10.1. The van der Waals surface area contributed by atoms with Gasteiger partial charge in [0, 0.05) is 44.7 Å². The first-order valence-electron chi connectivity index (χ1n) is 8.64. The number of hydrogen-bond donors (Lipinski definition) is 0. The maximum absolute atomic E-state index is 12.8. The smallest absolute Gasteiger partial charge is 0.269 e. The molecule has 1 saturated heterocycles. The van der Waals surface area contributed by atoms with Gasteiger partial charge in [0.25, 0.3) is 5.69 Å². The topological polar surface area (TPSA) is 123 Å². The van der Waals surface area contributed by atoms with Gasteiger partial charge in [-0.15, -0.1) is 0 Å². The van der Waals surface area contributed by atoms with Crippen molar-refractivity contribution in [1.29, 1.82) is 0 Å². The van der Waals surface area contributed by atoms with Gasteiger partial charge in [-0.1, -0.05) is 12.1 Å². The van der Waals surface area contributed by atoms with Gasteiger partial charge in [-0.25, -0.2) is 8.42 Å². The summed E-state index contributed by atoms with van der Waals surface area (Å²) in [5.41, 5.74) is -0.140. The Bertz CT molecular complexity index is 904. The molecule has 0 saturated carbocycles. The quantitative estimate of drug-likeness (QED) is 0.534. The average molecular weight is 395 g/mol. The van der Waals surface area contributed by atoms with Crippen LogP contribution in [0, 0.1) is 10.1 Å². The van der Waals surface area contributed by atoms with E-state index in [9.17, 15) is 18.5 Å². The zero-order valence-electron chi connectivity index (χ0n) is 15.1. The molecule has 1 fully saturated rings. The highest BCUT2D eigenvalue weighted by atomic mass is 32.2. The van der Waals surface area contributed by atoms with Crippen molar-refractivity contribution < 1.29 is 17.9 Å². The Labute approximate surface area is 157 Å². The molecule has 3 rings (SSSR count). The third-order valence-electron chi connectivity index (χ3n) is 4.66. The summed E-state index contributed by atoms with van der Waals surface area (Å²) < 4.78 is 32.2. The SMILES string of the molecule is CCc1noc([C@@H](C)N2CCN(S(=O)(=O)c3ccc([N+](=O)[O-])cc3)CC2)n1. The van der Waals surface area contributed by atoms with Crippen molar-refractivity contribution >= 4 is 15.7 Å². The van der Waals surface area contributed by atoms with Crippen LogP contribution in [0.3, 0.4) is 0 Å². The third kappa shape index (κ3) is 3.99. The lowest BCUT2D eigenvalue weighted by atomic mass is 10.2. The largest absolute Gasteiger partial charge is 0.338 e. The van der Waals surface area contributed by atoms with Crippen LogP contribution < -0.4 is 0 Å². The van der Waals surface area contributed by atoms with E-state index in [2.05, 4.69) is 15.0 Å². The average Bonchev–Trinajstić information content (AvgIpc) is 3.17. The lowest BCUT2D eigenvalue weighted by molar-refractivity contribution is -0.384. The predicted molar refractivity (Wildman–Crippen MR) is 95.5 cm³/mol. The molecule has 0 aliphatic carbocycles. The molecule has 1 aromatic carbocycles. The molecule has 146 valence electrons. The van der Waals surface area contributed by atoms with Gasteiger partial charge in [-0.3, -0.25) is 15.0 Å². The number of hydrogen-bond acceptors (Lipinski definition) is 8. The summed E-state index contributed by atoms with van der Waals surface area (Å²) in [5.74, 6) is 1.18. The van der Waals surface area contributed by atoms with Gasteiger partial charge >= 0.3 is 0 Å². The normalized spacial score (nSPS) is 17.7. The first-order chi connectivity index (χ1) is 12.8. The second-order valence-corrected chi connectivity index (χ2v) is 8.21. The molecule has 1 aromatic heterocycles. The van der Waals surface area contributed by atoms with Crippen molar-refractivity contribution in [3.8, 4) is 0 Å². The first kappa shape index (κ1) is 19.4. The number of benzene rings is 1. The Morgan fingerprint density at radius 1 is 1.22 bits per heavy atom. The highest BCUT2D eigenvalue weighted by Gasteiger charge is 2.32. The minimum atomic E-state index is -3.69. The van der Waals surface area contributed by atoms with E-state index in [0.29, 0.717) is 44.3 Å². The van der Waals surface area contributed by atoms with E-state index in [-0.39, 0.29) is 16.6 Å². The van der Waals surface area contributed by atoms with E-state index in [1.807, 2.05) is 13.8 Å². The molecular formula is C16H21N5O5S. The number of aryl methyl sites for hydroxylation is 1. The minimum Gasteiger partial charge on any atom is -0.338 e. The number of nitrogens with zero attached hydrogens (tertiary/aromatic N) is 5. The molecule has 27 heavy (non-hydrogen) atoms. The van der Waals surface area contributed by atoms with Crippen LogP contribution in [-0.2, 0) is 16.4 Å². The van der Waals surface area contributed by atoms with Crippen LogP contribution in [0.5, 0.6) is 0 Å². The number of nitro benzene ring substituents is 1. The van der Waals surface area contributed by atoms with Crippen LogP contribution in [0.25, 0.3) is 0 Å². The van der Waals surface area contributed by atoms with Crippen LogP contribution in [-0.4, -0.2) is 58.9 Å². The molecule has 1 atom stereocenters. The maximum atomic E-state index is 12.8. The Morgan fingerprint density at radius 3 is 2.37 bits per heavy atom. The second-order valence-electron chi connectivity index (χ2n) is 6.27. The predicted octanol–water partition coefficient (Wildman–Crippen LogP) is 1.61. The zero-order valence-corrected chi connectivity index (χ0v) is 15.9. The molecular weight excluding hydrogens is 374 g/mol. The highest BCUT2D eigenvalue weighted by molar-refractivity contribution is 7.89. The fourth-order valence-corrected chi connectivity index (χ4v) is 4.38. The van der Waals surface area contributed by atoms with Crippen LogP contribution in [0.1, 0.15) is 31.6 Å². The number of piperazine rings is 1. The Hall–Kier alpha value is -2.37. The van der Waals surface area contributed by atoms with E-state index in [1.165, 1.54) is 28.6 Å². The van der Waals surface area contributed by atoms with Crippen LogP contribution >= 0.6 is 0 Å². The molecule has 0 unspecified atom stereocenters. The summed E-state index contributed by atoms with van der Waals surface area (Å²) in [6, 6.07) is 4.85. The van der Waals surface area contributed by atoms with Gasteiger partial charge in [-0.05, 0) is 19.1 Å². The van der Waals surface area contributed by atoms with E-state index in [4.69, 9.17) is 4.52 Å². The summed E-state index contributed by atoms with van der Waals surface area (Å²) in [5, 5.41) is 14.6. The molecule has 2 heterocycles. The zero-order chi connectivity index (χ0) is 19.6. The standard InChI is InChI=1S/C16H21N5O5S/c1-3-15-17-16(26-18-15)12(2)19-8-10-20(11-9-19)27(24,25)14-6-4-13(5-7-14)21(22)23/h4-7,12H,3,8-11H2,1-2H3/t12-/m1/s1. The number of rotatable bonds is 6. The molecule has 1 aliphatic heterocycles. The molecule has 10 nitrogen and oxygen atoms in total. The Morgan fingerprint density at radius 2 is 1.85 bits per heavy atom. The molecule has 0 bridgehead atoms. The molecule has 0 radical (unpaired) electrons. The molecule has 0 N–H and O–H groups in total. The van der Waals surface area contributed by atoms with Crippen LogP contribution in [0.2, 0.25) is 0 Å². The van der Waals surface area contributed by atoms with Gasteiger partial charge in [0.15, 0.2) is 5.82 Å². The van der Waals surface area contributed by atoms with Crippen molar-refractivity contribution in [2.24, 2.45) is 0 Å². The number of non-ortho nitro benzene ring substituents is 1. The fourth-order valence-electron chi connectivity index (χ4n) is 2.96. The van der Waals surface area contributed by atoms with Crippen LogP contribution in [0.4, 0.5) is 5.69 Å². The number of nitro groups is 1. The fraction of sp³-hybridized carbons (Fsp3) is 0.500. The summed E-state index contributed by atoms with van der Waals surface area (Å²) in [4.78, 5) is 16.6. The van der Waals surface area contributed by atoms with Gasteiger partial charge in [-0.2, -0.15) is 9.29 Å². The lowest BCUT2D eigenvalue weighted by Gasteiger charge is -2.36. The molecule has 0 amide bonds. The second kappa shape index (κ2) is 7.71. The third-order valence-corrected chi connectivity index (χ3v) is 6.58. The summed E-state index contributed by atoms with van der Waals surface area (Å²) in [6.07, 6.45) is 0.692. The van der Waals surface area contributed by atoms with Crippen molar-refractivity contribution in [3.05, 3.63) is 46.1 Å². The van der Waals surface area contributed by atoms with Gasteiger partial charge in [0.2, 0.25) is 15.9 Å². The lowest BCUT2D eigenvalue weighted by Crippen LogP contribution is -2.49. The van der Waals surface area contributed by atoms with Gasteiger partial charge < -0.3 is 4.52 Å². The van der Waals surface area contributed by atoms with Gasteiger partial charge in [0.05, 0.1) is 15.9 Å². The summed E-state index contributed by atoms with van der Waals surface area (Å²) in [6.45, 7) is 5.58. The Kier molecular flexibility index (Phi) is 5.53. The molecule has 0 spiro atoms. The summed E-state index contributed by atoms with van der Waals surface area (Å²) in [7, 11) is -3.69.